The van der Waals surface area contributed by atoms with Crippen LogP contribution < -0.4 is 4.90 Å². The molecule has 0 amide bonds. The molecule has 2 heterocycles. The summed E-state index contributed by atoms with van der Waals surface area (Å²) in [6.07, 6.45) is 2.49. The van der Waals surface area contributed by atoms with Gasteiger partial charge in [0.1, 0.15) is 11.3 Å². The van der Waals surface area contributed by atoms with E-state index in [0.29, 0.717) is 44.3 Å². The topological polar surface area (TPSA) is 106 Å². The van der Waals surface area contributed by atoms with Crippen LogP contribution in [0.25, 0.3) is 10.9 Å². The molecule has 1 fully saturated rings. The summed E-state index contributed by atoms with van der Waals surface area (Å²) in [5.74, 6) is -1.90. The first-order valence-corrected chi connectivity index (χ1v) is 8.30. The van der Waals surface area contributed by atoms with Gasteiger partial charge in [-0.2, -0.15) is 0 Å². The van der Waals surface area contributed by atoms with Gasteiger partial charge in [0.15, 0.2) is 0 Å². The monoisotopic (exact) mass is 363 g/mol. The van der Waals surface area contributed by atoms with Gasteiger partial charge in [-0.3, -0.25) is 19.9 Å². The number of fused-ring (bicyclic) bond motifs is 1. The molecule has 26 heavy (non-hydrogen) atoms. The van der Waals surface area contributed by atoms with E-state index in [4.69, 9.17) is 4.74 Å². The molecular formula is C17H18FN3O5. The maximum atomic E-state index is 14.6. The Morgan fingerprint density at radius 2 is 2.19 bits per heavy atom. The van der Waals surface area contributed by atoms with E-state index in [2.05, 4.69) is 4.98 Å². The van der Waals surface area contributed by atoms with Crippen molar-refractivity contribution in [1.82, 2.24) is 4.98 Å². The average molecular weight is 363 g/mol. The normalized spacial score (nSPS) is 15.2. The number of benzene rings is 1. The fraction of sp³-hybridized carbons (Fsp3) is 0.412. The van der Waals surface area contributed by atoms with Crippen molar-refractivity contribution in [3.8, 4) is 5.75 Å². The summed E-state index contributed by atoms with van der Waals surface area (Å²) < 4.78 is 19.6. The van der Waals surface area contributed by atoms with E-state index < -0.39 is 22.2 Å². The third-order valence-corrected chi connectivity index (χ3v) is 4.55. The summed E-state index contributed by atoms with van der Waals surface area (Å²) in [6.45, 7) is 3.08. The first-order valence-electron chi connectivity index (χ1n) is 8.30. The van der Waals surface area contributed by atoms with Crippen molar-refractivity contribution in [1.29, 1.82) is 0 Å². The fourth-order valence-electron chi connectivity index (χ4n) is 3.27. The molecule has 138 valence electrons. The number of halogens is 1. The lowest BCUT2D eigenvalue weighted by atomic mass is 9.96. The highest BCUT2D eigenvalue weighted by atomic mass is 19.1. The van der Waals surface area contributed by atoms with Crippen molar-refractivity contribution in [2.45, 2.75) is 19.8 Å². The van der Waals surface area contributed by atoms with Gasteiger partial charge in [-0.05, 0) is 25.8 Å². The second kappa shape index (κ2) is 7.11. The number of carbonyl (C=O) groups is 1. The molecular weight excluding hydrogens is 345 g/mol. The Bertz CT molecular complexity index is 865. The Labute approximate surface area is 148 Å². The third kappa shape index (κ3) is 3.12. The molecule has 1 aromatic carbocycles. The lowest BCUT2D eigenvalue weighted by Gasteiger charge is -2.33. The number of nitrogens with zero attached hydrogens (tertiary/aromatic N) is 3. The van der Waals surface area contributed by atoms with Gasteiger partial charge in [-0.1, -0.05) is 0 Å². The lowest BCUT2D eigenvalue weighted by molar-refractivity contribution is -0.385. The van der Waals surface area contributed by atoms with E-state index >= 15 is 0 Å². The minimum absolute atomic E-state index is 0.0326. The van der Waals surface area contributed by atoms with E-state index in [0.717, 1.165) is 0 Å². The number of phenols is 1. The van der Waals surface area contributed by atoms with Crippen LogP contribution in [0.15, 0.2) is 18.3 Å². The molecule has 0 spiro atoms. The zero-order valence-electron chi connectivity index (χ0n) is 14.1. The molecule has 0 radical (unpaired) electrons. The fourth-order valence-corrected chi connectivity index (χ4v) is 3.27. The van der Waals surface area contributed by atoms with Crippen LogP contribution in [0.4, 0.5) is 15.8 Å². The number of aromatic nitrogens is 1. The number of ether oxygens (including phenoxy) is 1. The first-order chi connectivity index (χ1) is 12.4. The number of aromatic hydroxyl groups is 1. The van der Waals surface area contributed by atoms with Crippen LogP contribution in [0.5, 0.6) is 5.75 Å². The molecule has 1 aromatic heterocycles. The summed E-state index contributed by atoms with van der Waals surface area (Å²) >= 11 is 0. The number of nitro groups is 1. The number of hydrogen-bond donors (Lipinski definition) is 1. The lowest BCUT2D eigenvalue weighted by Crippen LogP contribution is -2.37. The summed E-state index contributed by atoms with van der Waals surface area (Å²) in [7, 11) is 0. The van der Waals surface area contributed by atoms with Crippen LogP contribution >= 0.6 is 0 Å². The molecule has 0 aliphatic carbocycles. The van der Waals surface area contributed by atoms with E-state index in [1.165, 1.54) is 6.20 Å². The van der Waals surface area contributed by atoms with Crippen molar-refractivity contribution in [3.05, 3.63) is 34.3 Å². The molecule has 0 unspecified atom stereocenters. The van der Waals surface area contributed by atoms with Crippen molar-refractivity contribution in [2.24, 2.45) is 5.92 Å². The zero-order chi connectivity index (χ0) is 18.8. The standard InChI is InChI=1S/C17H18FN3O5/c1-2-26-17(23)10-4-7-20(8-5-10)12-3-6-19-15-14(12)11(18)9-13(16(15)22)21(24)25/h3,6,9-10,22H,2,4-5,7-8H2,1H3. The second-order valence-corrected chi connectivity index (χ2v) is 6.05. The van der Waals surface area contributed by atoms with Gasteiger partial charge >= 0.3 is 11.7 Å². The highest BCUT2D eigenvalue weighted by molar-refractivity contribution is 5.97. The van der Waals surface area contributed by atoms with E-state index in [1.807, 2.05) is 4.90 Å². The number of esters is 1. The molecule has 3 rings (SSSR count). The van der Waals surface area contributed by atoms with Crippen LogP contribution in [0.1, 0.15) is 19.8 Å². The molecule has 8 nitrogen and oxygen atoms in total. The van der Waals surface area contributed by atoms with Gasteiger partial charge in [-0.15, -0.1) is 0 Å². The van der Waals surface area contributed by atoms with Crippen molar-refractivity contribution < 1.29 is 24.0 Å². The smallest absolute Gasteiger partial charge is 0.315 e. The van der Waals surface area contributed by atoms with E-state index in [1.54, 1.807) is 13.0 Å². The number of rotatable bonds is 4. The predicted octanol–water partition coefficient (Wildman–Crippen LogP) is 2.77. The van der Waals surface area contributed by atoms with Crippen molar-refractivity contribution in [3.63, 3.8) is 0 Å². The number of carbonyl (C=O) groups excluding carboxylic acids is 1. The minimum Gasteiger partial charge on any atom is -0.501 e. The van der Waals surface area contributed by atoms with E-state index in [-0.39, 0.29) is 22.8 Å². The van der Waals surface area contributed by atoms with Crippen molar-refractivity contribution in [2.75, 3.05) is 24.6 Å². The molecule has 2 aromatic rings. The highest BCUT2D eigenvalue weighted by Crippen LogP contribution is 2.39. The first kappa shape index (κ1) is 17.8. The Morgan fingerprint density at radius 1 is 1.50 bits per heavy atom. The molecule has 1 saturated heterocycles. The number of nitro benzene ring substituents is 1. The van der Waals surface area contributed by atoms with Gasteiger partial charge in [-0.25, -0.2) is 4.39 Å². The predicted molar refractivity (Wildman–Crippen MR) is 91.6 cm³/mol. The molecule has 0 bridgehead atoms. The minimum atomic E-state index is -0.850. The SMILES string of the molecule is CCOC(=O)C1CCN(c2ccnc3c(O)c([N+](=O)[O-])cc(F)c23)CC1. The summed E-state index contributed by atoms with van der Waals surface area (Å²) in [6, 6.07) is 2.30. The molecule has 1 aliphatic rings. The number of pyridine rings is 1. The molecule has 0 saturated carbocycles. The number of anilines is 1. The van der Waals surface area contributed by atoms with Crippen molar-refractivity contribution >= 4 is 28.2 Å². The maximum absolute atomic E-state index is 14.6. The quantitative estimate of drug-likeness (QED) is 0.506. The average Bonchev–Trinajstić information content (AvgIpc) is 2.64. The van der Waals surface area contributed by atoms with Crippen LogP contribution in [0.2, 0.25) is 0 Å². The van der Waals surface area contributed by atoms with Crippen LogP contribution in [-0.4, -0.2) is 40.7 Å². The van der Waals surface area contributed by atoms with Crippen LogP contribution in [0, 0.1) is 21.8 Å². The molecule has 9 heteroatoms. The summed E-state index contributed by atoms with van der Waals surface area (Å²) in [5.41, 5.74) is -0.387. The third-order valence-electron chi connectivity index (χ3n) is 4.55. The maximum Gasteiger partial charge on any atom is 0.315 e. The van der Waals surface area contributed by atoms with Gasteiger partial charge in [0.25, 0.3) is 0 Å². The van der Waals surface area contributed by atoms with Gasteiger partial charge < -0.3 is 14.7 Å². The Hall–Kier alpha value is -2.97. The largest absolute Gasteiger partial charge is 0.501 e. The van der Waals surface area contributed by atoms with Gasteiger partial charge in [0, 0.05) is 19.3 Å². The van der Waals surface area contributed by atoms with E-state index in [9.17, 15) is 24.4 Å². The van der Waals surface area contributed by atoms with Crippen LogP contribution in [0.3, 0.4) is 0 Å². The highest BCUT2D eigenvalue weighted by Gasteiger charge is 2.29. The molecule has 0 atom stereocenters. The number of phenolic OH excluding ortho intramolecular Hbond substituents is 1. The van der Waals surface area contributed by atoms with Gasteiger partial charge in [0.05, 0.1) is 34.6 Å². The Balaban J connectivity index is 1.94. The summed E-state index contributed by atoms with van der Waals surface area (Å²) in [5, 5.41) is 21.1. The molecule has 1 aliphatic heterocycles. The number of piperidine rings is 1. The Morgan fingerprint density at radius 3 is 2.81 bits per heavy atom. The molecule has 1 N–H and O–H groups in total. The van der Waals surface area contributed by atoms with Crippen LogP contribution in [-0.2, 0) is 9.53 Å². The van der Waals surface area contributed by atoms with Gasteiger partial charge in [0.2, 0.25) is 5.75 Å². The Kier molecular flexibility index (Phi) is 4.88. The summed E-state index contributed by atoms with van der Waals surface area (Å²) in [4.78, 5) is 27.7. The number of hydrogen-bond acceptors (Lipinski definition) is 7. The zero-order valence-corrected chi connectivity index (χ0v) is 14.1. The second-order valence-electron chi connectivity index (χ2n) is 6.05.